The van der Waals surface area contributed by atoms with E-state index in [1.165, 1.54) is 0 Å². The van der Waals surface area contributed by atoms with Crippen molar-refractivity contribution in [2.75, 3.05) is 13.6 Å². The average molecular weight is 333 g/mol. The normalized spacial score (nSPS) is 14.5. The average Bonchev–Trinajstić information content (AvgIpc) is 3.06. The number of aliphatic imine (C=N–C) groups is 1. The third-order valence-electron chi connectivity index (χ3n) is 4.19. The zero-order valence-electron chi connectivity index (χ0n) is 15.3. The van der Waals surface area contributed by atoms with E-state index >= 15 is 0 Å². The van der Waals surface area contributed by atoms with Gasteiger partial charge in [0, 0.05) is 31.9 Å². The summed E-state index contributed by atoms with van der Waals surface area (Å²) in [5.41, 5.74) is 2.14. The fourth-order valence-corrected chi connectivity index (χ4v) is 2.53. The molecule has 7 heteroatoms. The highest BCUT2D eigenvalue weighted by molar-refractivity contribution is 5.79. The standard InChI is InChI=1S/C17H27N5O2/c1-11-7-8-15(24-11)17(4,23)10-20-16(18-5)19-9-14-12(2)21-22(6)13(14)3/h7-8,23H,9-10H2,1-6H3,(H2,18,19,20). The number of hydrogen-bond acceptors (Lipinski definition) is 4. The summed E-state index contributed by atoms with van der Waals surface area (Å²) in [6.45, 7) is 8.49. The van der Waals surface area contributed by atoms with Crippen LogP contribution in [0.3, 0.4) is 0 Å². The zero-order chi connectivity index (χ0) is 17.9. The summed E-state index contributed by atoms with van der Waals surface area (Å²) in [6, 6.07) is 3.63. The van der Waals surface area contributed by atoms with E-state index in [2.05, 4.69) is 20.7 Å². The molecule has 24 heavy (non-hydrogen) atoms. The van der Waals surface area contributed by atoms with Gasteiger partial charge in [0.1, 0.15) is 17.1 Å². The molecule has 7 nitrogen and oxygen atoms in total. The van der Waals surface area contributed by atoms with Gasteiger partial charge in [-0.1, -0.05) is 0 Å². The van der Waals surface area contributed by atoms with Gasteiger partial charge in [0.25, 0.3) is 0 Å². The lowest BCUT2D eigenvalue weighted by atomic mass is 10.0. The van der Waals surface area contributed by atoms with E-state index in [9.17, 15) is 5.11 Å². The molecule has 0 bridgehead atoms. The van der Waals surface area contributed by atoms with E-state index in [1.807, 2.05) is 38.6 Å². The van der Waals surface area contributed by atoms with Crippen LogP contribution >= 0.6 is 0 Å². The summed E-state index contributed by atoms with van der Waals surface area (Å²) in [6.07, 6.45) is 0. The number of nitrogens with one attached hydrogen (secondary N) is 2. The molecule has 2 rings (SSSR count). The van der Waals surface area contributed by atoms with Gasteiger partial charge in [-0.2, -0.15) is 5.10 Å². The van der Waals surface area contributed by atoms with Gasteiger partial charge >= 0.3 is 0 Å². The highest BCUT2D eigenvalue weighted by atomic mass is 16.4. The van der Waals surface area contributed by atoms with Crippen LogP contribution in [-0.2, 0) is 19.2 Å². The topological polar surface area (TPSA) is 87.6 Å². The second-order valence-electron chi connectivity index (χ2n) is 6.24. The van der Waals surface area contributed by atoms with Crippen molar-refractivity contribution in [3.8, 4) is 0 Å². The van der Waals surface area contributed by atoms with Gasteiger partial charge < -0.3 is 20.2 Å². The molecule has 0 aliphatic heterocycles. The van der Waals surface area contributed by atoms with Crippen molar-refractivity contribution in [2.24, 2.45) is 12.0 Å². The zero-order valence-corrected chi connectivity index (χ0v) is 15.3. The van der Waals surface area contributed by atoms with Crippen LogP contribution in [0.1, 0.15) is 35.4 Å². The van der Waals surface area contributed by atoms with E-state index in [-0.39, 0.29) is 6.54 Å². The van der Waals surface area contributed by atoms with E-state index in [4.69, 9.17) is 4.42 Å². The van der Waals surface area contributed by atoms with Crippen molar-refractivity contribution >= 4 is 5.96 Å². The molecule has 1 unspecified atom stereocenters. The first-order valence-corrected chi connectivity index (χ1v) is 7.97. The van der Waals surface area contributed by atoms with Crippen LogP contribution in [0.2, 0.25) is 0 Å². The lowest BCUT2D eigenvalue weighted by Gasteiger charge is -2.23. The van der Waals surface area contributed by atoms with Crippen molar-refractivity contribution in [3.05, 3.63) is 40.6 Å². The maximum atomic E-state index is 10.6. The number of aliphatic hydroxyl groups is 1. The third kappa shape index (κ3) is 3.97. The minimum absolute atomic E-state index is 0.282. The molecule has 132 valence electrons. The summed E-state index contributed by atoms with van der Waals surface area (Å²) in [5, 5.41) is 21.4. The van der Waals surface area contributed by atoms with Crippen molar-refractivity contribution in [2.45, 2.75) is 39.8 Å². The third-order valence-corrected chi connectivity index (χ3v) is 4.19. The number of guanidine groups is 1. The van der Waals surface area contributed by atoms with Crippen molar-refractivity contribution in [1.29, 1.82) is 0 Å². The molecule has 0 radical (unpaired) electrons. The second-order valence-corrected chi connectivity index (χ2v) is 6.24. The van der Waals surface area contributed by atoms with Gasteiger partial charge in [-0.15, -0.1) is 0 Å². The van der Waals surface area contributed by atoms with Gasteiger partial charge in [-0.25, -0.2) is 0 Å². The van der Waals surface area contributed by atoms with Crippen molar-refractivity contribution in [3.63, 3.8) is 0 Å². The van der Waals surface area contributed by atoms with Crippen LogP contribution < -0.4 is 10.6 Å². The minimum Gasteiger partial charge on any atom is -0.463 e. The second kappa shape index (κ2) is 7.09. The van der Waals surface area contributed by atoms with Gasteiger partial charge in [-0.05, 0) is 39.8 Å². The smallest absolute Gasteiger partial charge is 0.191 e. The first-order valence-electron chi connectivity index (χ1n) is 7.97. The Kier molecular flexibility index (Phi) is 5.33. The summed E-state index contributed by atoms with van der Waals surface area (Å²) < 4.78 is 7.38. The molecular formula is C17H27N5O2. The number of aromatic nitrogens is 2. The summed E-state index contributed by atoms with van der Waals surface area (Å²) in [4.78, 5) is 4.20. The van der Waals surface area contributed by atoms with Gasteiger partial charge in [0.2, 0.25) is 0 Å². The van der Waals surface area contributed by atoms with Crippen LogP contribution in [-0.4, -0.2) is 34.4 Å². The summed E-state index contributed by atoms with van der Waals surface area (Å²) >= 11 is 0. The molecule has 1 atom stereocenters. The quantitative estimate of drug-likeness (QED) is 0.570. The lowest BCUT2D eigenvalue weighted by molar-refractivity contribution is 0.0378. The highest BCUT2D eigenvalue weighted by Crippen LogP contribution is 2.21. The molecule has 2 aromatic rings. The maximum Gasteiger partial charge on any atom is 0.191 e. The molecule has 0 aliphatic carbocycles. The minimum atomic E-state index is -1.12. The van der Waals surface area contributed by atoms with E-state index < -0.39 is 5.60 Å². The van der Waals surface area contributed by atoms with Gasteiger partial charge in [0.15, 0.2) is 5.96 Å². The summed E-state index contributed by atoms with van der Waals surface area (Å²) in [5.74, 6) is 1.92. The van der Waals surface area contributed by atoms with Crippen LogP contribution in [0, 0.1) is 20.8 Å². The summed E-state index contributed by atoms with van der Waals surface area (Å²) in [7, 11) is 3.63. The number of nitrogens with zero attached hydrogens (tertiary/aromatic N) is 3. The Morgan fingerprint density at radius 2 is 2.04 bits per heavy atom. The molecule has 3 N–H and O–H groups in total. The number of furan rings is 1. The number of aryl methyl sites for hydroxylation is 3. The lowest BCUT2D eigenvalue weighted by Crippen LogP contribution is -2.44. The molecule has 0 aromatic carbocycles. The predicted octanol–water partition coefficient (Wildman–Crippen LogP) is 1.51. The molecular weight excluding hydrogens is 306 g/mol. The molecule has 0 saturated carbocycles. The van der Waals surface area contributed by atoms with Crippen molar-refractivity contribution < 1.29 is 9.52 Å². The number of hydrogen-bond donors (Lipinski definition) is 3. The van der Waals surface area contributed by atoms with E-state index in [1.54, 1.807) is 20.0 Å². The van der Waals surface area contributed by atoms with E-state index in [0.717, 1.165) is 22.7 Å². The Morgan fingerprint density at radius 1 is 1.33 bits per heavy atom. The highest BCUT2D eigenvalue weighted by Gasteiger charge is 2.27. The van der Waals surface area contributed by atoms with Gasteiger partial charge in [0.05, 0.1) is 12.2 Å². The fourth-order valence-electron chi connectivity index (χ4n) is 2.53. The Hall–Kier alpha value is -2.28. The Labute approximate surface area is 142 Å². The molecule has 0 spiro atoms. The van der Waals surface area contributed by atoms with Crippen LogP contribution in [0.25, 0.3) is 0 Å². The maximum absolute atomic E-state index is 10.6. The van der Waals surface area contributed by atoms with Crippen LogP contribution in [0.4, 0.5) is 0 Å². The first-order chi connectivity index (χ1) is 11.2. The molecule has 0 fully saturated rings. The molecule has 0 saturated heterocycles. The molecule has 2 heterocycles. The Morgan fingerprint density at radius 3 is 2.54 bits per heavy atom. The first kappa shape index (κ1) is 18.1. The SMILES string of the molecule is CN=C(NCc1c(C)nn(C)c1C)NCC(C)(O)c1ccc(C)o1. The Balaban J connectivity index is 1.95. The van der Waals surface area contributed by atoms with E-state index in [0.29, 0.717) is 18.3 Å². The molecule has 2 aromatic heterocycles. The largest absolute Gasteiger partial charge is 0.463 e. The van der Waals surface area contributed by atoms with Crippen LogP contribution in [0.15, 0.2) is 21.5 Å². The molecule has 0 aliphatic rings. The van der Waals surface area contributed by atoms with Crippen LogP contribution in [0.5, 0.6) is 0 Å². The monoisotopic (exact) mass is 333 g/mol. The predicted molar refractivity (Wildman–Crippen MR) is 93.9 cm³/mol. The van der Waals surface area contributed by atoms with Gasteiger partial charge in [-0.3, -0.25) is 9.67 Å². The molecule has 0 amide bonds. The number of rotatable bonds is 5. The fraction of sp³-hybridized carbons (Fsp3) is 0.529. The Bertz CT molecular complexity index is 727. The van der Waals surface area contributed by atoms with Crippen molar-refractivity contribution in [1.82, 2.24) is 20.4 Å².